The second kappa shape index (κ2) is 9.22. The third kappa shape index (κ3) is 4.94. The number of aromatic nitrogens is 1. The van der Waals surface area contributed by atoms with Crippen molar-refractivity contribution in [3.63, 3.8) is 0 Å². The SMILES string of the molecule is Cc1ccc(-c2cnc(CCC(=O)OCc3cc(Cl)c4c(c3)OCCCO4)o2)cc1. The molecule has 0 saturated heterocycles. The van der Waals surface area contributed by atoms with Crippen LogP contribution in [0.3, 0.4) is 0 Å². The van der Waals surface area contributed by atoms with Gasteiger partial charge in [-0.2, -0.15) is 0 Å². The van der Waals surface area contributed by atoms with Gasteiger partial charge in [0.05, 0.1) is 30.9 Å². The van der Waals surface area contributed by atoms with Crippen LogP contribution in [0.2, 0.25) is 5.02 Å². The number of fused-ring (bicyclic) bond motifs is 1. The number of oxazole rings is 1. The molecule has 2 heterocycles. The number of benzene rings is 2. The van der Waals surface area contributed by atoms with Crippen LogP contribution in [0.1, 0.15) is 29.9 Å². The van der Waals surface area contributed by atoms with E-state index in [1.165, 1.54) is 5.56 Å². The Morgan fingerprint density at radius 1 is 1.17 bits per heavy atom. The Kier molecular flexibility index (Phi) is 6.23. The Hall–Kier alpha value is -2.99. The number of hydrogen-bond acceptors (Lipinski definition) is 6. The minimum Gasteiger partial charge on any atom is -0.489 e. The normalized spacial score (nSPS) is 13.0. The first-order valence-electron chi connectivity index (χ1n) is 9.84. The maximum absolute atomic E-state index is 12.2. The van der Waals surface area contributed by atoms with Gasteiger partial charge in [-0.1, -0.05) is 41.4 Å². The molecule has 0 spiro atoms. The van der Waals surface area contributed by atoms with Crippen molar-refractivity contribution in [3.8, 4) is 22.8 Å². The number of hydrogen-bond donors (Lipinski definition) is 0. The third-order valence-electron chi connectivity index (χ3n) is 4.69. The zero-order chi connectivity index (χ0) is 20.9. The van der Waals surface area contributed by atoms with Gasteiger partial charge in [0.25, 0.3) is 0 Å². The summed E-state index contributed by atoms with van der Waals surface area (Å²) >= 11 is 6.27. The van der Waals surface area contributed by atoms with Gasteiger partial charge in [-0.15, -0.1) is 0 Å². The Morgan fingerprint density at radius 2 is 1.97 bits per heavy atom. The van der Waals surface area contributed by atoms with Gasteiger partial charge in [0, 0.05) is 18.4 Å². The first-order chi connectivity index (χ1) is 14.6. The average Bonchev–Trinajstić information content (AvgIpc) is 3.08. The minimum absolute atomic E-state index is 0.107. The van der Waals surface area contributed by atoms with Crippen LogP contribution >= 0.6 is 11.6 Å². The Morgan fingerprint density at radius 3 is 2.80 bits per heavy atom. The monoisotopic (exact) mass is 427 g/mol. The molecule has 0 unspecified atom stereocenters. The second-order valence-corrected chi connectivity index (χ2v) is 7.51. The summed E-state index contributed by atoms with van der Waals surface area (Å²) in [4.78, 5) is 16.4. The summed E-state index contributed by atoms with van der Waals surface area (Å²) in [5.74, 6) is 1.96. The lowest BCUT2D eigenvalue weighted by atomic mass is 10.1. The van der Waals surface area contributed by atoms with E-state index in [9.17, 15) is 4.79 Å². The van der Waals surface area contributed by atoms with Crippen LogP contribution in [0.25, 0.3) is 11.3 Å². The van der Waals surface area contributed by atoms with Crippen molar-refractivity contribution in [1.82, 2.24) is 4.98 Å². The molecule has 0 atom stereocenters. The van der Waals surface area contributed by atoms with Gasteiger partial charge in [0.1, 0.15) is 6.61 Å². The average molecular weight is 428 g/mol. The predicted octanol–water partition coefficient (Wildman–Crippen LogP) is 5.14. The molecule has 3 aromatic rings. The summed E-state index contributed by atoms with van der Waals surface area (Å²) in [6.07, 6.45) is 3.01. The molecule has 4 rings (SSSR count). The summed E-state index contributed by atoms with van der Waals surface area (Å²) in [6, 6.07) is 11.5. The van der Waals surface area contributed by atoms with Crippen molar-refractivity contribution in [2.75, 3.05) is 13.2 Å². The highest BCUT2D eigenvalue weighted by Gasteiger charge is 2.16. The van der Waals surface area contributed by atoms with E-state index in [0.717, 1.165) is 17.5 Å². The fraction of sp³-hybridized carbons (Fsp3) is 0.304. The van der Waals surface area contributed by atoms with Gasteiger partial charge in [-0.3, -0.25) is 4.79 Å². The van der Waals surface area contributed by atoms with Crippen LogP contribution in [0.15, 0.2) is 47.0 Å². The molecular formula is C23H22ClNO5. The Bertz CT molecular complexity index is 1030. The predicted molar refractivity (Wildman–Crippen MR) is 112 cm³/mol. The number of ether oxygens (including phenoxy) is 3. The molecule has 0 N–H and O–H groups in total. The molecule has 156 valence electrons. The largest absolute Gasteiger partial charge is 0.489 e. The maximum Gasteiger partial charge on any atom is 0.306 e. The van der Waals surface area contributed by atoms with Crippen molar-refractivity contribution >= 4 is 17.6 Å². The van der Waals surface area contributed by atoms with E-state index >= 15 is 0 Å². The summed E-state index contributed by atoms with van der Waals surface area (Å²) in [5, 5.41) is 0.448. The second-order valence-electron chi connectivity index (χ2n) is 7.10. The molecule has 30 heavy (non-hydrogen) atoms. The molecule has 0 fully saturated rings. The van der Waals surface area contributed by atoms with Gasteiger partial charge in [0.2, 0.25) is 0 Å². The first-order valence-corrected chi connectivity index (χ1v) is 10.2. The number of nitrogens with zero attached hydrogens (tertiary/aromatic N) is 1. The zero-order valence-electron chi connectivity index (χ0n) is 16.7. The lowest BCUT2D eigenvalue weighted by Gasteiger charge is -2.11. The van der Waals surface area contributed by atoms with Crippen LogP contribution in [0, 0.1) is 6.92 Å². The smallest absolute Gasteiger partial charge is 0.306 e. The molecule has 1 aromatic heterocycles. The number of halogens is 1. The molecule has 0 saturated carbocycles. The van der Waals surface area contributed by atoms with Gasteiger partial charge in [-0.25, -0.2) is 4.98 Å². The van der Waals surface area contributed by atoms with Gasteiger partial charge < -0.3 is 18.6 Å². The highest BCUT2D eigenvalue weighted by Crippen LogP contribution is 2.38. The van der Waals surface area contributed by atoms with E-state index in [-0.39, 0.29) is 19.0 Å². The summed E-state index contributed by atoms with van der Waals surface area (Å²) in [6.45, 7) is 3.26. The first kappa shape index (κ1) is 20.3. The summed E-state index contributed by atoms with van der Waals surface area (Å²) in [5.41, 5.74) is 2.87. The third-order valence-corrected chi connectivity index (χ3v) is 4.98. The maximum atomic E-state index is 12.2. The van der Waals surface area contributed by atoms with Crippen LogP contribution in [0.5, 0.6) is 11.5 Å². The molecule has 0 bridgehead atoms. The van der Waals surface area contributed by atoms with E-state index < -0.39 is 0 Å². The molecular weight excluding hydrogens is 406 g/mol. The van der Waals surface area contributed by atoms with Crippen molar-refractivity contribution in [3.05, 3.63) is 64.6 Å². The van der Waals surface area contributed by atoms with Crippen molar-refractivity contribution in [2.24, 2.45) is 0 Å². The molecule has 7 heteroatoms. The van der Waals surface area contributed by atoms with Gasteiger partial charge >= 0.3 is 5.97 Å². The molecule has 0 radical (unpaired) electrons. The number of carbonyl (C=O) groups is 1. The molecule has 1 aliphatic rings. The van der Waals surface area contributed by atoms with Crippen LogP contribution in [-0.2, 0) is 22.6 Å². The molecule has 2 aromatic carbocycles. The van der Waals surface area contributed by atoms with Crippen LogP contribution < -0.4 is 9.47 Å². The van der Waals surface area contributed by atoms with E-state index in [4.69, 9.17) is 30.2 Å². The standard InChI is InChI=1S/C23H22ClNO5/c1-15-3-5-17(6-4-15)20-13-25-21(30-20)7-8-22(26)29-14-16-11-18(24)23-19(12-16)27-9-2-10-28-23/h3-6,11-13H,2,7-10,14H2,1H3. The van der Waals surface area contributed by atoms with Gasteiger partial charge in [-0.05, 0) is 24.6 Å². The van der Waals surface area contributed by atoms with Crippen LogP contribution in [-0.4, -0.2) is 24.2 Å². The fourth-order valence-electron chi connectivity index (χ4n) is 3.09. The molecule has 0 aliphatic carbocycles. The summed E-state index contributed by atoms with van der Waals surface area (Å²) in [7, 11) is 0. The van der Waals surface area contributed by atoms with E-state index in [0.29, 0.717) is 47.8 Å². The number of esters is 1. The number of carbonyl (C=O) groups excluding carboxylic acids is 1. The Labute approximate surface area is 179 Å². The van der Waals surface area contributed by atoms with E-state index in [1.807, 2.05) is 31.2 Å². The van der Waals surface area contributed by atoms with Crippen molar-refractivity contribution in [1.29, 1.82) is 0 Å². The lowest BCUT2D eigenvalue weighted by molar-refractivity contribution is -0.145. The number of rotatable bonds is 6. The zero-order valence-corrected chi connectivity index (χ0v) is 17.4. The molecule has 6 nitrogen and oxygen atoms in total. The highest BCUT2D eigenvalue weighted by molar-refractivity contribution is 6.32. The quantitative estimate of drug-likeness (QED) is 0.507. The van der Waals surface area contributed by atoms with E-state index in [2.05, 4.69) is 4.98 Å². The topological polar surface area (TPSA) is 70.8 Å². The van der Waals surface area contributed by atoms with Crippen LogP contribution in [0.4, 0.5) is 0 Å². The molecule has 1 aliphatic heterocycles. The molecule has 0 amide bonds. The highest BCUT2D eigenvalue weighted by atomic mass is 35.5. The Balaban J connectivity index is 1.30. The van der Waals surface area contributed by atoms with Crippen molar-refractivity contribution < 1.29 is 23.4 Å². The van der Waals surface area contributed by atoms with Gasteiger partial charge in [0.15, 0.2) is 23.1 Å². The number of aryl methyl sites for hydroxylation is 2. The van der Waals surface area contributed by atoms with E-state index in [1.54, 1.807) is 18.3 Å². The summed E-state index contributed by atoms with van der Waals surface area (Å²) < 4.78 is 22.4. The van der Waals surface area contributed by atoms with Crippen molar-refractivity contribution in [2.45, 2.75) is 32.8 Å². The lowest BCUT2D eigenvalue weighted by Crippen LogP contribution is -2.06. The minimum atomic E-state index is -0.340. The fourth-order valence-corrected chi connectivity index (χ4v) is 3.38.